The van der Waals surface area contributed by atoms with E-state index in [1.165, 1.54) is 11.3 Å². The van der Waals surface area contributed by atoms with E-state index in [4.69, 9.17) is 9.47 Å². The van der Waals surface area contributed by atoms with Crippen LogP contribution in [0.15, 0.2) is 35.7 Å². The minimum Gasteiger partial charge on any atom is -0.508 e. The number of benzene rings is 1. The first-order chi connectivity index (χ1) is 12.0. The molecule has 5 N–H and O–H groups in total. The minimum absolute atomic E-state index is 0.188. The summed E-state index contributed by atoms with van der Waals surface area (Å²) in [5.74, 6) is 0.676. The highest BCUT2D eigenvalue weighted by atomic mass is 32.1. The summed E-state index contributed by atoms with van der Waals surface area (Å²) in [4.78, 5) is 0.877. The summed E-state index contributed by atoms with van der Waals surface area (Å²) in [6, 6.07) is 8.52. The van der Waals surface area contributed by atoms with Crippen LogP contribution >= 0.6 is 11.3 Å². The molecular weight excluding hydrogens is 348 g/mol. The summed E-state index contributed by atoms with van der Waals surface area (Å²) in [7, 11) is 0. The van der Waals surface area contributed by atoms with Crippen LogP contribution < -0.4 is 4.74 Å². The number of aliphatic hydroxyl groups excluding tert-OH is 4. The number of hydrogen-bond donors (Lipinski definition) is 5. The van der Waals surface area contributed by atoms with E-state index in [1.807, 2.05) is 5.38 Å². The van der Waals surface area contributed by atoms with Gasteiger partial charge in [-0.15, -0.1) is 11.3 Å². The van der Waals surface area contributed by atoms with Crippen LogP contribution in [0.1, 0.15) is 10.4 Å². The van der Waals surface area contributed by atoms with E-state index >= 15 is 0 Å². The Bertz CT molecular complexity index is 685. The molecule has 7 nitrogen and oxygen atoms in total. The van der Waals surface area contributed by atoms with Gasteiger partial charge in [-0.3, -0.25) is 0 Å². The standard InChI is InChI=1S/C17H20O7S/c18-8-12-14(20)15(21)16(22)17(24-12)23-11-5-6-25-13(11)7-9-1-3-10(19)4-2-9/h1-6,12,14-22H,7-8H2/t12-,14-,15+,16-,17-/m1/s1. The molecule has 1 fully saturated rings. The number of phenolic OH excluding ortho intramolecular Hbond substituents is 1. The van der Waals surface area contributed by atoms with E-state index in [0.717, 1.165) is 10.4 Å². The topological polar surface area (TPSA) is 120 Å². The molecule has 3 rings (SSSR count). The molecule has 0 amide bonds. The Labute approximate surface area is 148 Å². The molecule has 2 aromatic rings. The molecule has 25 heavy (non-hydrogen) atoms. The van der Waals surface area contributed by atoms with E-state index in [9.17, 15) is 25.5 Å². The van der Waals surface area contributed by atoms with Gasteiger partial charge in [0.25, 0.3) is 0 Å². The van der Waals surface area contributed by atoms with Gasteiger partial charge in [0.1, 0.15) is 35.9 Å². The summed E-state index contributed by atoms with van der Waals surface area (Å²) in [6.07, 6.45) is -6.00. The third-order valence-electron chi connectivity index (χ3n) is 4.10. The Morgan fingerprint density at radius 1 is 1.00 bits per heavy atom. The van der Waals surface area contributed by atoms with Gasteiger partial charge >= 0.3 is 0 Å². The van der Waals surface area contributed by atoms with Crippen LogP contribution in [0.5, 0.6) is 11.5 Å². The largest absolute Gasteiger partial charge is 0.508 e. The molecular formula is C17H20O7S. The number of aromatic hydroxyl groups is 1. The fraction of sp³-hybridized carbons (Fsp3) is 0.412. The van der Waals surface area contributed by atoms with Gasteiger partial charge in [0.2, 0.25) is 6.29 Å². The molecule has 0 bridgehead atoms. The van der Waals surface area contributed by atoms with Crippen molar-refractivity contribution in [3.8, 4) is 11.5 Å². The molecule has 1 saturated heterocycles. The van der Waals surface area contributed by atoms with Gasteiger partial charge in [0, 0.05) is 6.42 Å². The first-order valence-electron chi connectivity index (χ1n) is 7.81. The number of thiophene rings is 1. The fourth-order valence-electron chi connectivity index (χ4n) is 2.65. The van der Waals surface area contributed by atoms with Gasteiger partial charge in [0.05, 0.1) is 11.5 Å². The highest BCUT2D eigenvalue weighted by Crippen LogP contribution is 2.31. The second-order valence-corrected chi connectivity index (χ2v) is 6.87. The van der Waals surface area contributed by atoms with Crippen molar-refractivity contribution in [2.75, 3.05) is 6.61 Å². The lowest BCUT2D eigenvalue weighted by atomic mass is 9.99. The Morgan fingerprint density at radius 2 is 1.72 bits per heavy atom. The van der Waals surface area contributed by atoms with Crippen molar-refractivity contribution in [2.24, 2.45) is 0 Å². The second kappa shape index (κ2) is 7.69. The normalized spacial score (nSPS) is 29.5. The molecule has 0 aliphatic carbocycles. The van der Waals surface area contributed by atoms with E-state index in [1.54, 1.807) is 30.3 Å². The summed E-state index contributed by atoms with van der Waals surface area (Å²) >= 11 is 1.46. The number of phenols is 1. The molecule has 1 aliphatic rings. The molecule has 1 aromatic carbocycles. The molecule has 8 heteroatoms. The van der Waals surface area contributed by atoms with E-state index in [0.29, 0.717) is 12.2 Å². The lowest BCUT2D eigenvalue weighted by Crippen LogP contribution is -2.60. The van der Waals surface area contributed by atoms with Gasteiger partial charge in [0.15, 0.2) is 0 Å². The zero-order chi connectivity index (χ0) is 18.0. The van der Waals surface area contributed by atoms with Crippen LogP contribution in [-0.2, 0) is 11.2 Å². The Balaban J connectivity index is 1.73. The Kier molecular flexibility index (Phi) is 5.57. The van der Waals surface area contributed by atoms with Crippen molar-refractivity contribution < 1.29 is 35.0 Å². The maximum Gasteiger partial charge on any atom is 0.229 e. The minimum atomic E-state index is -1.48. The van der Waals surface area contributed by atoms with Crippen molar-refractivity contribution in [3.63, 3.8) is 0 Å². The average molecular weight is 368 g/mol. The monoisotopic (exact) mass is 368 g/mol. The molecule has 2 heterocycles. The molecule has 0 saturated carbocycles. The summed E-state index contributed by atoms with van der Waals surface area (Å²) in [5, 5.41) is 50.1. The van der Waals surface area contributed by atoms with Gasteiger partial charge in [-0.25, -0.2) is 0 Å². The van der Waals surface area contributed by atoms with Gasteiger partial charge in [-0.2, -0.15) is 0 Å². The van der Waals surface area contributed by atoms with E-state index in [-0.39, 0.29) is 5.75 Å². The smallest absolute Gasteiger partial charge is 0.229 e. The van der Waals surface area contributed by atoms with E-state index < -0.39 is 37.3 Å². The van der Waals surface area contributed by atoms with Crippen molar-refractivity contribution in [1.82, 2.24) is 0 Å². The number of aliphatic hydroxyl groups is 4. The molecule has 1 aromatic heterocycles. The van der Waals surface area contributed by atoms with E-state index in [2.05, 4.69) is 0 Å². The lowest BCUT2D eigenvalue weighted by molar-refractivity contribution is -0.277. The molecule has 136 valence electrons. The zero-order valence-electron chi connectivity index (χ0n) is 13.2. The first kappa shape index (κ1) is 18.1. The third-order valence-corrected chi connectivity index (χ3v) is 5.00. The van der Waals surface area contributed by atoms with Crippen molar-refractivity contribution in [2.45, 2.75) is 37.1 Å². The molecule has 1 aliphatic heterocycles. The quantitative estimate of drug-likeness (QED) is 0.512. The highest BCUT2D eigenvalue weighted by Gasteiger charge is 2.44. The molecule has 0 unspecified atom stereocenters. The van der Waals surface area contributed by atoms with Crippen molar-refractivity contribution in [1.29, 1.82) is 0 Å². The lowest BCUT2D eigenvalue weighted by Gasteiger charge is -2.39. The first-order valence-corrected chi connectivity index (χ1v) is 8.69. The average Bonchev–Trinajstić information content (AvgIpc) is 3.04. The fourth-order valence-corrected chi connectivity index (χ4v) is 3.49. The predicted molar refractivity (Wildman–Crippen MR) is 89.6 cm³/mol. The molecule has 0 radical (unpaired) electrons. The number of rotatable bonds is 5. The van der Waals surface area contributed by atoms with Crippen molar-refractivity contribution >= 4 is 11.3 Å². The van der Waals surface area contributed by atoms with Crippen LogP contribution in [0, 0.1) is 0 Å². The summed E-state index contributed by atoms with van der Waals surface area (Å²) < 4.78 is 11.1. The zero-order valence-corrected chi connectivity index (χ0v) is 14.0. The second-order valence-electron chi connectivity index (χ2n) is 5.87. The van der Waals surface area contributed by atoms with Crippen molar-refractivity contribution in [3.05, 3.63) is 46.2 Å². The SMILES string of the molecule is OC[C@H]1O[C@@H](Oc2ccsc2Cc2ccc(O)cc2)[C@H](O)[C@@H](O)[C@@H]1O. The summed E-state index contributed by atoms with van der Waals surface area (Å²) in [5.41, 5.74) is 0.971. The van der Waals surface area contributed by atoms with Gasteiger partial charge < -0.3 is 35.0 Å². The predicted octanol–water partition coefficient (Wildman–Crippen LogP) is 0.223. The van der Waals surface area contributed by atoms with Crippen LogP contribution in [0.3, 0.4) is 0 Å². The van der Waals surface area contributed by atoms with Crippen LogP contribution in [0.25, 0.3) is 0 Å². The van der Waals surface area contributed by atoms with Crippen LogP contribution in [-0.4, -0.2) is 62.8 Å². The van der Waals surface area contributed by atoms with Crippen LogP contribution in [0.2, 0.25) is 0 Å². The highest BCUT2D eigenvalue weighted by molar-refractivity contribution is 7.10. The Hall–Kier alpha value is -1.68. The third kappa shape index (κ3) is 3.95. The number of hydrogen-bond acceptors (Lipinski definition) is 8. The maximum atomic E-state index is 10.1. The maximum absolute atomic E-state index is 10.1. The molecule has 5 atom stereocenters. The molecule has 0 spiro atoms. The number of ether oxygens (including phenoxy) is 2. The van der Waals surface area contributed by atoms with Gasteiger partial charge in [-0.1, -0.05) is 12.1 Å². The summed E-state index contributed by atoms with van der Waals surface area (Å²) in [6.45, 7) is -0.505. The van der Waals surface area contributed by atoms with Gasteiger partial charge in [-0.05, 0) is 29.1 Å². The Morgan fingerprint density at radius 3 is 2.40 bits per heavy atom. The van der Waals surface area contributed by atoms with Crippen LogP contribution in [0.4, 0.5) is 0 Å².